The molecule has 17 heteroatoms. The number of hydrogen-bond acceptors (Lipinski definition) is 6. The van der Waals surface area contributed by atoms with Crippen molar-refractivity contribution in [3.05, 3.63) is 324 Å². The van der Waals surface area contributed by atoms with Gasteiger partial charge in [0.2, 0.25) is 0 Å². The summed E-state index contributed by atoms with van der Waals surface area (Å²) >= 11 is 3.79. The SMILES string of the molecule is CCCCc1cccc(CCCC)c1-n1ccnc1-c1[c-]cccc1.COc1c[c-]c(-c2nccn2-c2c(Br)cccc2C2CCCCC2)cc1.Cc1cc(C)c(-n2ccnc2-c2[c-]cccc2)c(C)c1.Cn1ccnc1-c1[c-]cccc1.[Ir].[Ir].[Ir].[Ir].[Ir].[c-]1ccccc1-c1nccn1-c1ccccc1. The molecule has 1 fully saturated rings. The molecule has 5 heterocycles. The van der Waals surface area contributed by atoms with Crippen LogP contribution in [0.15, 0.2) is 261 Å². The third-order valence-electron chi connectivity index (χ3n) is 17.7. The van der Waals surface area contributed by atoms with Crippen molar-refractivity contribution in [2.75, 3.05) is 7.11 Å². The number of methoxy groups -OCH3 is 1. The van der Waals surface area contributed by atoms with Crippen LogP contribution in [0, 0.1) is 51.1 Å². The Morgan fingerprint density at radius 2 is 0.848 bits per heavy atom. The summed E-state index contributed by atoms with van der Waals surface area (Å²) in [6, 6.07) is 81.6. The van der Waals surface area contributed by atoms with E-state index in [1.165, 1.54) is 108 Å². The summed E-state index contributed by atoms with van der Waals surface area (Å²) in [5, 5.41) is 0. The molecule has 5 aromatic heterocycles. The molecule has 551 valence electrons. The Kier molecular flexibility index (Phi) is 36.8. The molecule has 1 saturated carbocycles. The first kappa shape index (κ1) is 86.5. The molecule has 1 aliphatic carbocycles. The number of halogens is 1. The molecule has 9 aromatic carbocycles. The summed E-state index contributed by atoms with van der Waals surface area (Å²) in [6.07, 6.45) is 32.8. The summed E-state index contributed by atoms with van der Waals surface area (Å²) in [5.41, 5.74) is 18.0. The van der Waals surface area contributed by atoms with Crippen molar-refractivity contribution in [2.45, 2.75) is 111 Å². The van der Waals surface area contributed by atoms with Crippen molar-refractivity contribution in [3.63, 3.8) is 0 Å². The van der Waals surface area contributed by atoms with E-state index in [1.807, 2.05) is 189 Å². The van der Waals surface area contributed by atoms with Gasteiger partial charge >= 0.3 is 0 Å². The zero-order chi connectivity index (χ0) is 69.4. The van der Waals surface area contributed by atoms with E-state index in [2.05, 4.69) is 197 Å². The van der Waals surface area contributed by atoms with E-state index >= 15 is 0 Å². The minimum absolute atomic E-state index is 0. The van der Waals surface area contributed by atoms with Gasteiger partial charge in [-0.1, -0.05) is 112 Å². The number of nitrogens with zero attached hydrogens (tertiary/aromatic N) is 10. The second-order valence-electron chi connectivity index (χ2n) is 24.8. The summed E-state index contributed by atoms with van der Waals surface area (Å²) in [6.45, 7) is 10.9. The zero-order valence-corrected chi connectivity index (χ0v) is 73.6. The van der Waals surface area contributed by atoms with Crippen LogP contribution >= 0.6 is 15.9 Å². The average molecular weight is 2340 g/mol. The standard InChI is InChI=1S/C23H27N2.C22H22BrN2O.C18H17N2.C15H11N2.C10H9N2.5Ir/c1-3-5-11-19-15-10-16-20(12-6-4-2)22(19)25-18-17-24-23(25)21-13-8-7-9-14-21;1-26-18-12-10-17(11-13-18)22-24-14-15-25(22)21-19(8-5-9-20(21)23)16-6-3-2-4-7-16;1-13-11-14(2)17(15(3)12-13)20-10-9-19-18(20)16-7-5-4-6-8-16;1-3-7-13(8-4-1)15-16-11-12-17(15)14-9-5-2-6-10-14;1-12-8-7-11-10(12)9-5-3-2-4-6-9;;;;;/h7-10,13,15-18H,3-6,11-12H2,1-2H3;5,8-10,12-16H,2-4,6-7H2,1H3;4-7,9-12H,1-3H3;1-7,9-12H;2-5,7-8H,1H3;;;;;/q5*-1;;;;;. The van der Waals surface area contributed by atoms with Crippen molar-refractivity contribution in [1.29, 1.82) is 0 Å². The van der Waals surface area contributed by atoms with Gasteiger partial charge < -0.3 is 27.6 Å². The average Bonchev–Trinajstić information content (AvgIpc) is 1.78. The largest absolute Gasteiger partial charge is 0.540 e. The Morgan fingerprint density at radius 3 is 1.29 bits per heavy atom. The minimum atomic E-state index is 0. The van der Waals surface area contributed by atoms with E-state index in [4.69, 9.17) is 4.74 Å². The molecule has 0 bridgehead atoms. The van der Waals surface area contributed by atoms with Crippen molar-refractivity contribution in [3.8, 4) is 85.4 Å². The second kappa shape index (κ2) is 44.6. The van der Waals surface area contributed by atoms with Gasteiger partial charge in [0.1, 0.15) is 0 Å². The molecule has 11 nitrogen and oxygen atoms in total. The van der Waals surface area contributed by atoms with E-state index in [0.29, 0.717) is 5.92 Å². The topological polar surface area (TPSA) is 98.3 Å². The van der Waals surface area contributed by atoms with Crippen LogP contribution < -0.4 is 4.74 Å². The number of hydrogen-bond donors (Lipinski definition) is 0. The van der Waals surface area contributed by atoms with Crippen LogP contribution in [-0.4, -0.2) is 54.9 Å². The number of imidazole rings is 5. The number of ether oxygens (including phenoxy) is 1. The van der Waals surface area contributed by atoms with E-state index < -0.39 is 0 Å². The minimum Gasteiger partial charge on any atom is -0.540 e. The third kappa shape index (κ3) is 22.8. The van der Waals surface area contributed by atoms with Gasteiger partial charge in [-0.05, 0) is 127 Å². The van der Waals surface area contributed by atoms with Crippen LogP contribution in [0.5, 0.6) is 5.75 Å². The number of benzene rings is 9. The van der Waals surface area contributed by atoms with Gasteiger partial charge in [-0.15, -0.1) is 173 Å². The summed E-state index contributed by atoms with van der Waals surface area (Å²) < 4.78 is 17.0. The maximum Gasteiger partial charge on any atom is 0.0647 e. The van der Waals surface area contributed by atoms with Gasteiger partial charge in [0.05, 0.1) is 41.9 Å². The first-order chi connectivity index (χ1) is 49.1. The molecule has 15 rings (SSSR count). The molecule has 14 aromatic rings. The molecule has 0 spiro atoms. The molecular weight excluding hydrogens is 2250 g/mol. The van der Waals surface area contributed by atoms with Gasteiger partial charge in [-0.3, -0.25) is 24.9 Å². The molecule has 0 amide bonds. The Balaban J connectivity index is 0.000000207. The number of aromatic nitrogens is 10. The van der Waals surface area contributed by atoms with Crippen molar-refractivity contribution in [2.24, 2.45) is 7.05 Å². The van der Waals surface area contributed by atoms with Gasteiger partial charge in [0.15, 0.2) is 0 Å². The molecule has 1 aliphatic rings. The van der Waals surface area contributed by atoms with Crippen LogP contribution in [0.25, 0.3) is 79.7 Å². The summed E-state index contributed by atoms with van der Waals surface area (Å²) in [5.74, 6) is 6.09. The first-order valence-electron chi connectivity index (χ1n) is 34.7. The van der Waals surface area contributed by atoms with Gasteiger partial charge in [0.25, 0.3) is 0 Å². The van der Waals surface area contributed by atoms with Crippen LogP contribution in [0.1, 0.15) is 111 Å². The fraction of sp³-hybridized carbons (Fsp3) is 0.216. The number of para-hydroxylation sites is 3. The predicted molar refractivity (Wildman–Crippen MR) is 410 cm³/mol. The summed E-state index contributed by atoms with van der Waals surface area (Å²) in [4.78, 5) is 22.4. The van der Waals surface area contributed by atoms with E-state index in [9.17, 15) is 0 Å². The Hall–Kier alpha value is -7.44. The Bertz CT molecular complexity index is 4680. The van der Waals surface area contributed by atoms with Crippen molar-refractivity contribution in [1.82, 2.24) is 47.8 Å². The first-order valence-corrected chi connectivity index (χ1v) is 35.5. The van der Waals surface area contributed by atoms with E-state index in [1.54, 1.807) is 13.3 Å². The van der Waals surface area contributed by atoms with Gasteiger partial charge in [0, 0.05) is 197 Å². The van der Waals surface area contributed by atoms with Crippen molar-refractivity contribution >= 4 is 15.9 Å². The third-order valence-corrected chi connectivity index (χ3v) is 18.3. The molecule has 105 heavy (non-hydrogen) atoms. The monoisotopic (exact) mass is 2340 g/mol. The maximum atomic E-state index is 5.25. The number of unbranched alkanes of at least 4 members (excludes halogenated alkanes) is 2. The van der Waals surface area contributed by atoms with Crippen molar-refractivity contribution < 1.29 is 105 Å². The Labute approximate surface area is 697 Å². The maximum absolute atomic E-state index is 5.25. The molecule has 0 N–H and O–H groups in total. The molecule has 0 saturated heterocycles. The Morgan fingerprint density at radius 1 is 0.429 bits per heavy atom. The van der Waals surface area contributed by atoms with Gasteiger partial charge in [-0.25, -0.2) is 0 Å². The molecule has 0 aliphatic heterocycles. The zero-order valence-electron chi connectivity index (χ0n) is 60.0. The predicted octanol–water partition coefficient (Wildman–Crippen LogP) is 21.7. The smallest absolute Gasteiger partial charge is 0.0647 e. The van der Waals surface area contributed by atoms with Crippen LogP contribution in [0.2, 0.25) is 0 Å². The summed E-state index contributed by atoms with van der Waals surface area (Å²) in [7, 11) is 3.64. The number of rotatable bonds is 17. The quantitative estimate of drug-likeness (QED) is 0.0843. The number of aryl methyl sites for hydroxylation is 6. The van der Waals surface area contributed by atoms with E-state index in [-0.39, 0.29) is 101 Å². The molecule has 5 radical (unpaired) electrons. The van der Waals surface area contributed by atoms with Crippen LogP contribution in [-0.2, 0) is 120 Å². The fourth-order valence-electron chi connectivity index (χ4n) is 13.0. The second-order valence-corrected chi connectivity index (χ2v) is 25.7. The molecule has 0 atom stereocenters. The van der Waals surface area contributed by atoms with Crippen LogP contribution in [0.3, 0.4) is 0 Å². The molecule has 0 unspecified atom stereocenters. The molecular formula is C88H86BrIr5N10O-5. The normalized spacial score (nSPS) is 11.2. The van der Waals surface area contributed by atoms with Gasteiger partial charge in [-0.2, -0.15) is 0 Å². The van der Waals surface area contributed by atoms with Crippen LogP contribution in [0.4, 0.5) is 0 Å². The van der Waals surface area contributed by atoms with E-state index in [0.717, 1.165) is 85.7 Å². The fourth-order valence-corrected chi connectivity index (χ4v) is 13.5.